The minimum atomic E-state index is -0.638. The smallest absolute Gasteiger partial charge is 0.293 e. The molecule has 0 fully saturated rings. The molecule has 1 heterocycles. The highest BCUT2D eigenvalue weighted by molar-refractivity contribution is 6.31. The number of hydrogen-bond donors (Lipinski definition) is 1. The molecule has 0 radical (unpaired) electrons. The summed E-state index contributed by atoms with van der Waals surface area (Å²) in [5, 5.41) is 14.6. The van der Waals surface area contributed by atoms with Crippen LogP contribution in [-0.2, 0) is 0 Å². The van der Waals surface area contributed by atoms with Crippen molar-refractivity contribution >= 4 is 39.8 Å². The van der Waals surface area contributed by atoms with Crippen molar-refractivity contribution in [2.75, 3.05) is 5.32 Å². The number of anilines is 1. The fraction of sp³-hybridized carbons (Fsp3) is 0. The lowest BCUT2D eigenvalue weighted by atomic mass is 10.2. The Morgan fingerprint density at radius 3 is 2.78 bits per heavy atom. The van der Waals surface area contributed by atoms with Gasteiger partial charge in [-0.1, -0.05) is 23.7 Å². The van der Waals surface area contributed by atoms with Crippen molar-refractivity contribution in [3.63, 3.8) is 0 Å². The highest BCUT2D eigenvalue weighted by Gasteiger charge is 2.17. The molecule has 7 nitrogen and oxygen atoms in total. The van der Waals surface area contributed by atoms with Gasteiger partial charge < -0.3 is 5.32 Å². The van der Waals surface area contributed by atoms with E-state index in [2.05, 4.69) is 15.3 Å². The molecule has 23 heavy (non-hydrogen) atoms. The predicted octanol–water partition coefficient (Wildman–Crippen LogP) is 3.44. The van der Waals surface area contributed by atoms with Gasteiger partial charge >= 0.3 is 0 Å². The van der Waals surface area contributed by atoms with Crippen molar-refractivity contribution in [1.82, 2.24) is 9.97 Å². The van der Waals surface area contributed by atoms with Crippen LogP contribution in [0.3, 0.4) is 0 Å². The maximum atomic E-state index is 12.2. The Labute approximate surface area is 135 Å². The summed E-state index contributed by atoms with van der Waals surface area (Å²) in [7, 11) is 0. The third kappa shape index (κ3) is 3.09. The Hall–Kier alpha value is -3.06. The molecule has 0 aliphatic heterocycles. The van der Waals surface area contributed by atoms with Crippen molar-refractivity contribution in [3.05, 3.63) is 69.6 Å². The van der Waals surface area contributed by atoms with Crippen molar-refractivity contribution in [2.24, 2.45) is 0 Å². The van der Waals surface area contributed by atoms with Crippen LogP contribution in [0.2, 0.25) is 5.02 Å². The molecular weight excluding hydrogens is 320 g/mol. The number of benzene rings is 2. The molecule has 0 aliphatic rings. The van der Waals surface area contributed by atoms with E-state index in [0.717, 1.165) is 5.39 Å². The number of nitro groups is 1. The molecule has 1 N–H and O–H groups in total. The van der Waals surface area contributed by atoms with Crippen molar-refractivity contribution in [2.45, 2.75) is 0 Å². The lowest BCUT2D eigenvalue weighted by Crippen LogP contribution is -2.16. The molecule has 3 rings (SSSR count). The maximum Gasteiger partial charge on any atom is 0.293 e. The number of rotatable bonds is 3. The fourth-order valence-electron chi connectivity index (χ4n) is 2.02. The van der Waals surface area contributed by atoms with E-state index >= 15 is 0 Å². The van der Waals surface area contributed by atoms with Crippen LogP contribution in [0, 0.1) is 10.1 Å². The molecule has 0 bridgehead atoms. The van der Waals surface area contributed by atoms with Crippen LogP contribution in [0.15, 0.2) is 48.7 Å². The van der Waals surface area contributed by atoms with Gasteiger partial charge in [0, 0.05) is 22.7 Å². The van der Waals surface area contributed by atoms with Crippen molar-refractivity contribution in [1.29, 1.82) is 0 Å². The molecule has 1 amide bonds. The normalized spacial score (nSPS) is 10.5. The molecule has 0 spiro atoms. The Morgan fingerprint density at radius 1 is 1.22 bits per heavy atom. The number of amides is 1. The van der Waals surface area contributed by atoms with Gasteiger partial charge in [-0.2, -0.15) is 0 Å². The average molecular weight is 329 g/mol. The quantitative estimate of drug-likeness (QED) is 0.586. The maximum absolute atomic E-state index is 12.2. The molecule has 114 valence electrons. The summed E-state index contributed by atoms with van der Waals surface area (Å²) in [6.07, 6.45) is 1.49. The van der Waals surface area contributed by atoms with Gasteiger partial charge in [-0.15, -0.1) is 0 Å². The van der Waals surface area contributed by atoms with Gasteiger partial charge in [-0.3, -0.25) is 14.9 Å². The number of para-hydroxylation sites is 2. The minimum Gasteiger partial charge on any atom is -0.313 e. The summed E-state index contributed by atoms with van der Waals surface area (Å²) in [6, 6.07) is 10.9. The van der Waals surface area contributed by atoms with Gasteiger partial charge in [0.15, 0.2) is 0 Å². The van der Waals surface area contributed by atoms with Crippen LogP contribution >= 0.6 is 11.6 Å². The lowest BCUT2D eigenvalue weighted by molar-refractivity contribution is -0.383. The van der Waals surface area contributed by atoms with E-state index in [1.807, 2.05) is 0 Å². The monoisotopic (exact) mass is 328 g/mol. The van der Waals surface area contributed by atoms with Crippen LogP contribution in [0.4, 0.5) is 11.4 Å². The largest absolute Gasteiger partial charge is 0.313 e. The first-order chi connectivity index (χ1) is 11.0. The third-order valence-electron chi connectivity index (χ3n) is 3.10. The number of fused-ring (bicyclic) bond motifs is 1. The number of carbonyl (C=O) groups excluding carboxylic acids is 1. The number of nitrogens with zero attached hydrogens (tertiary/aromatic N) is 3. The first-order valence-corrected chi connectivity index (χ1v) is 6.89. The summed E-state index contributed by atoms with van der Waals surface area (Å²) >= 11 is 5.90. The zero-order valence-electron chi connectivity index (χ0n) is 11.6. The second-order valence-corrected chi connectivity index (χ2v) is 5.06. The Balaban J connectivity index is 1.93. The first kappa shape index (κ1) is 14.9. The van der Waals surface area contributed by atoms with Gasteiger partial charge in [-0.05, 0) is 24.3 Å². The van der Waals surface area contributed by atoms with Crippen LogP contribution < -0.4 is 5.32 Å². The molecule has 0 saturated carbocycles. The number of halogens is 1. The number of nitro benzene ring substituents is 1. The van der Waals surface area contributed by atoms with E-state index in [4.69, 9.17) is 11.6 Å². The van der Waals surface area contributed by atoms with Crippen molar-refractivity contribution in [3.8, 4) is 0 Å². The zero-order valence-corrected chi connectivity index (χ0v) is 12.3. The summed E-state index contributed by atoms with van der Waals surface area (Å²) in [5.74, 6) is -0.737. The van der Waals surface area contributed by atoms with Gasteiger partial charge in [0.2, 0.25) is 5.82 Å². The van der Waals surface area contributed by atoms with E-state index in [0.29, 0.717) is 10.5 Å². The summed E-state index contributed by atoms with van der Waals surface area (Å²) in [5.41, 5.74) is 0.391. The molecule has 8 heteroatoms. The van der Waals surface area contributed by atoms with Crippen LogP contribution in [0.5, 0.6) is 0 Å². The zero-order chi connectivity index (χ0) is 16.4. The average Bonchev–Trinajstić information content (AvgIpc) is 2.54. The highest BCUT2D eigenvalue weighted by Crippen LogP contribution is 2.23. The van der Waals surface area contributed by atoms with Gasteiger partial charge in [-0.25, -0.2) is 9.97 Å². The van der Waals surface area contributed by atoms with E-state index in [1.54, 1.807) is 24.3 Å². The molecular formula is C15H9ClN4O3. The van der Waals surface area contributed by atoms with Gasteiger partial charge in [0.05, 0.1) is 10.4 Å². The van der Waals surface area contributed by atoms with Gasteiger partial charge in [0.25, 0.3) is 11.6 Å². The minimum absolute atomic E-state index is 0.0808. The second-order valence-electron chi connectivity index (χ2n) is 4.63. The first-order valence-electron chi connectivity index (χ1n) is 6.51. The molecule has 1 aromatic heterocycles. The SMILES string of the molecule is O=C(Nc1ccccc1[N+](=O)[O-])c1ncc2ccc(Cl)cc2n1. The number of nitrogens with one attached hydrogen (secondary N) is 1. The molecule has 0 unspecified atom stereocenters. The van der Waals surface area contributed by atoms with E-state index < -0.39 is 10.8 Å². The van der Waals surface area contributed by atoms with Crippen molar-refractivity contribution < 1.29 is 9.72 Å². The van der Waals surface area contributed by atoms with E-state index in [1.165, 1.54) is 24.4 Å². The number of hydrogen-bond acceptors (Lipinski definition) is 5. The number of carbonyl (C=O) groups is 1. The molecule has 0 saturated heterocycles. The highest BCUT2D eigenvalue weighted by atomic mass is 35.5. The Bertz CT molecular complexity index is 929. The van der Waals surface area contributed by atoms with Crippen LogP contribution in [-0.4, -0.2) is 20.8 Å². The fourth-order valence-corrected chi connectivity index (χ4v) is 2.19. The predicted molar refractivity (Wildman–Crippen MR) is 85.6 cm³/mol. The van der Waals surface area contributed by atoms with Crippen LogP contribution in [0.25, 0.3) is 10.9 Å². The molecule has 0 atom stereocenters. The van der Waals surface area contributed by atoms with E-state index in [-0.39, 0.29) is 17.2 Å². The second kappa shape index (κ2) is 5.98. The summed E-state index contributed by atoms with van der Waals surface area (Å²) in [6.45, 7) is 0. The molecule has 2 aromatic carbocycles. The Morgan fingerprint density at radius 2 is 2.00 bits per heavy atom. The van der Waals surface area contributed by atoms with Gasteiger partial charge in [0.1, 0.15) is 5.69 Å². The third-order valence-corrected chi connectivity index (χ3v) is 3.33. The summed E-state index contributed by atoms with van der Waals surface area (Å²) in [4.78, 5) is 30.7. The topological polar surface area (TPSA) is 98.0 Å². The number of aromatic nitrogens is 2. The van der Waals surface area contributed by atoms with Crippen LogP contribution in [0.1, 0.15) is 10.6 Å². The standard InChI is InChI=1S/C15H9ClN4O3/c16-10-6-5-9-8-17-14(18-12(9)7-10)15(21)19-11-3-1-2-4-13(11)20(22)23/h1-8H,(H,19,21). The molecule has 3 aromatic rings. The summed E-state index contributed by atoms with van der Waals surface area (Å²) < 4.78 is 0. The van der Waals surface area contributed by atoms with E-state index in [9.17, 15) is 14.9 Å². The molecule has 0 aliphatic carbocycles. The Kier molecular flexibility index (Phi) is 3.86. The lowest BCUT2D eigenvalue weighted by Gasteiger charge is -2.05.